The highest BCUT2D eigenvalue weighted by Gasteiger charge is 2.23. The number of amides is 1. The van der Waals surface area contributed by atoms with Gasteiger partial charge >= 0.3 is 6.09 Å². The summed E-state index contributed by atoms with van der Waals surface area (Å²) in [5.41, 5.74) is 4.39. The van der Waals surface area contributed by atoms with Crippen LogP contribution in [0, 0.1) is 20.8 Å². The predicted molar refractivity (Wildman–Crippen MR) is 107 cm³/mol. The topological polar surface area (TPSA) is 70.6 Å². The molecule has 3 rings (SSSR count). The van der Waals surface area contributed by atoms with Crippen LogP contribution in [0.15, 0.2) is 24.3 Å². The van der Waals surface area contributed by atoms with Gasteiger partial charge in [0.2, 0.25) is 5.95 Å². The van der Waals surface area contributed by atoms with Gasteiger partial charge in [-0.05, 0) is 44.9 Å². The standard InChI is InChI=1S/C20H27N5O2/c1-5-27-20(26)25-11-9-24(10-12-25)19-21-15(3)13-18(23-19)22-17-8-6-7-14(2)16(17)4/h6-8,13H,5,9-12H2,1-4H3,(H,21,22,23). The van der Waals surface area contributed by atoms with Gasteiger partial charge in [0, 0.05) is 43.6 Å². The van der Waals surface area contributed by atoms with Gasteiger partial charge in [0.25, 0.3) is 0 Å². The number of aromatic nitrogens is 2. The summed E-state index contributed by atoms with van der Waals surface area (Å²) in [4.78, 5) is 25.0. The number of benzene rings is 1. The third kappa shape index (κ3) is 4.48. The Hall–Kier alpha value is -2.83. The van der Waals surface area contributed by atoms with Crippen LogP contribution in [0.5, 0.6) is 0 Å². The van der Waals surface area contributed by atoms with Gasteiger partial charge in [-0.25, -0.2) is 9.78 Å². The summed E-state index contributed by atoms with van der Waals surface area (Å²) in [5, 5.41) is 3.41. The van der Waals surface area contributed by atoms with E-state index in [4.69, 9.17) is 9.72 Å². The highest BCUT2D eigenvalue weighted by molar-refractivity contribution is 5.68. The van der Waals surface area contributed by atoms with Gasteiger partial charge in [-0.1, -0.05) is 12.1 Å². The van der Waals surface area contributed by atoms with E-state index in [-0.39, 0.29) is 6.09 Å². The molecule has 0 radical (unpaired) electrons. The normalized spacial score (nSPS) is 14.2. The number of piperazine rings is 1. The lowest BCUT2D eigenvalue weighted by Gasteiger charge is -2.34. The fraction of sp³-hybridized carbons (Fsp3) is 0.450. The molecule has 2 heterocycles. The highest BCUT2D eigenvalue weighted by Crippen LogP contribution is 2.23. The van der Waals surface area contributed by atoms with E-state index in [0.29, 0.717) is 38.7 Å². The molecule has 1 aromatic heterocycles. The van der Waals surface area contributed by atoms with Crippen molar-refractivity contribution in [1.29, 1.82) is 0 Å². The lowest BCUT2D eigenvalue weighted by atomic mass is 10.1. The highest BCUT2D eigenvalue weighted by atomic mass is 16.6. The molecule has 0 bridgehead atoms. The van der Waals surface area contributed by atoms with Crippen LogP contribution in [-0.4, -0.2) is 53.7 Å². The van der Waals surface area contributed by atoms with Gasteiger partial charge in [0.1, 0.15) is 5.82 Å². The molecular weight excluding hydrogens is 342 g/mol. The summed E-state index contributed by atoms with van der Waals surface area (Å²) >= 11 is 0. The predicted octanol–water partition coefficient (Wildman–Crippen LogP) is 3.42. The van der Waals surface area contributed by atoms with Crippen LogP contribution in [0.4, 0.5) is 22.2 Å². The molecule has 0 aliphatic carbocycles. The van der Waals surface area contributed by atoms with Crippen LogP contribution in [0.1, 0.15) is 23.7 Å². The van der Waals surface area contributed by atoms with Crippen molar-refractivity contribution in [3.05, 3.63) is 41.1 Å². The molecule has 1 aliphatic rings. The van der Waals surface area contributed by atoms with Crippen molar-refractivity contribution in [2.24, 2.45) is 0 Å². The zero-order valence-corrected chi connectivity index (χ0v) is 16.5. The van der Waals surface area contributed by atoms with Crippen LogP contribution >= 0.6 is 0 Å². The number of rotatable bonds is 4. The molecule has 0 saturated carbocycles. The molecule has 1 N–H and O–H groups in total. The molecule has 0 atom stereocenters. The van der Waals surface area contributed by atoms with Crippen LogP contribution in [0.25, 0.3) is 0 Å². The third-order valence-corrected chi connectivity index (χ3v) is 4.80. The number of carbonyl (C=O) groups excluding carboxylic acids is 1. The number of anilines is 3. The van der Waals surface area contributed by atoms with Gasteiger partial charge < -0.3 is 19.9 Å². The van der Waals surface area contributed by atoms with Crippen molar-refractivity contribution in [1.82, 2.24) is 14.9 Å². The van der Waals surface area contributed by atoms with Crippen LogP contribution in [0.2, 0.25) is 0 Å². The largest absolute Gasteiger partial charge is 0.450 e. The first-order chi connectivity index (χ1) is 13.0. The van der Waals surface area contributed by atoms with E-state index >= 15 is 0 Å². The molecular formula is C20H27N5O2. The zero-order valence-electron chi connectivity index (χ0n) is 16.5. The van der Waals surface area contributed by atoms with Crippen molar-refractivity contribution in [2.45, 2.75) is 27.7 Å². The first-order valence-corrected chi connectivity index (χ1v) is 9.33. The van der Waals surface area contributed by atoms with Crippen molar-refractivity contribution >= 4 is 23.5 Å². The maximum absolute atomic E-state index is 11.9. The average Bonchev–Trinajstić information content (AvgIpc) is 2.65. The van der Waals surface area contributed by atoms with Gasteiger partial charge in [0.15, 0.2) is 0 Å². The van der Waals surface area contributed by atoms with Gasteiger partial charge in [-0.3, -0.25) is 0 Å². The van der Waals surface area contributed by atoms with Crippen molar-refractivity contribution in [3.8, 4) is 0 Å². The number of ether oxygens (including phenoxy) is 1. The molecule has 1 aliphatic heterocycles. The minimum absolute atomic E-state index is 0.250. The maximum Gasteiger partial charge on any atom is 0.409 e. The first kappa shape index (κ1) is 18.9. The quantitative estimate of drug-likeness (QED) is 0.890. The van der Waals surface area contributed by atoms with E-state index in [0.717, 1.165) is 17.2 Å². The minimum Gasteiger partial charge on any atom is -0.450 e. The first-order valence-electron chi connectivity index (χ1n) is 9.33. The number of aryl methyl sites for hydroxylation is 2. The Balaban J connectivity index is 1.73. The fourth-order valence-electron chi connectivity index (χ4n) is 3.09. The Bertz CT molecular complexity index is 816. The molecule has 1 fully saturated rings. The molecule has 1 aromatic carbocycles. The Kier molecular flexibility index (Phi) is 5.78. The van der Waals surface area contributed by atoms with E-state index in [1.54, 1.807) is 4.90 Å². The summed E-state index contributed by atoms with van der Waals surface area (Å²) in [6.45, 7) is 11.0. The summed E-state index contributed by atoms with van der Waals surface area (Å²) in [6, 6.07) is 8.13. The van der Waals surface area contributed by atoms with E-state index in [1.165, 1.54) is 11.1 Å². The second kappa shape index (κ2) is 8.24. The Morgan fingerprint density at radius 1 is 1.15 bits per heavy atom. The van der Waals surface area contributed by atoms with E-state index < -0.39 is 0 Å². The lowest BCUT2D eigenvalue weighted by Crippen LogP contribution is -2.49. The van der Waals surface area contributed by atoms with Crippen molar-refractivity contribution in [3.63, 3.8) is 0 Å². The minimum atomic E-state index is -0.250. The molecule has 27 heavy (non-hydrogen) atoms. The maximum atomic E-state index is 11.9. The molecule has 7 heteroatoms. The van der Waals surface area contributed by atoms with E-state index in [9.17, 15) is 4.79 Å². The van der Waals surface area contributed by atoms with Crippen molar-refractivity contribution in [2.75, 3.05) is 43.0 Å². The summed E-state index contributed by atoms with van der Waals surface area (Å²) in [6.07, 6.45) is -0.250. The van der Waals surface area contributed by atoms with E-state index in [1.807, 2.05) is 26.0 Å². The molecule has 2 aromatic rings. The molecule has 0 unspecified atom stereocenters. The number of nitrogens with one attached hydrogen (secondary N) is 1. The Morgan fingerprint density at radius 2 is 1.89 bits per heavy atom. The van der Waals surface area contributed by atoms with Gasteiger partial charge in [-0.2, -0.15) is 4.98 Å². The smallest absolute Gasteiger partial charge is 0.409 e. The van der Waals surface area contributed by atoms with Crippen LogP contribution in [-0.2, 0) is 4.74 Å². The zero-order chi connectivity index (χ0) is 19.4. The number of hydrogen-bond acceptors (Lipinski definition) is 6. The summed E-state index contributed by atoms with van der Waals surface area (Å²) < 4.78 is 5.07. The summed E-state index contributed by atoms with van der Waals surface area (Å²) in [7, 11) is 0. The SMILES string of the molecule is CCOC(=O)N1CCN(c2nc(C)cc(Nc3cccc(C)c3C)n2)CC1. The molecule has 144 valence electrons. The van der Waals surface area contributed by atoms with Gasteiger partial charge in [0.05, 0.1) is 6.61 Å². The molecule has 1 saturated heterocycles. The fourth-order valence-corrected chi connectivity index (χ4v) is 3.09. The van der Waals surface area contributed by atoms with Crippen LogP contribution < -0.4 is 10.2 Å². The molecule has 0 spiro atoms. The van der Waals surface area contributed by atoms with Gasteiger partial charge in [-0.15, -0.1) is 0 Å². The monoisotopic (exact) mass is 369 g/mol. The Labute approximate surface area is 160 Å². The molecule has 1 amide bonds. The van der Waals surface area contributed by atoms with Crippen molar-refractivity contribution < 1.29 is 9.53 Å². The number of hydrogen-bond donors (Lipinski definition) is 1. The second-order valence-electron chi connectivity index (χ2n) is 6.74. The lowest BCUT2D eigenvalue weighted by molar-refractivity contribution is 0.105. The number of nitrogens with zero attached hydrogens (tertiary/aromatic N) is 4. The second-order valence-corrected chi connectivity index (χ2v) is 6.74. The Morgan fingerprint density at radius 3 is 2.59 bits per heavy atom. The summed E-state index contributed by atoms with van der Waals surface area (Å²) in [5.74, 6) is 1.46. The average molecular weight is 369 g/mol. The molecule has 7 nitrogen and oxygen atoms in total. The third-order valence-electron chi connectivity index (χ3n) is 4.80. The van der Waals surface area contributed by atoms with Crippen LogP contribution in [0.3, 0.4) is 0 Å². The van der Waals surface area contributed by atoms with E-state index in [2.05, 4.69) is 41.2 Å². The number of carbonyl (C=O) groups is 1.